The number of hydrogen-bond acceptors (Lipinski definition) is 3. The number of fused-ring (bicyclic) bond motifs is 1. The van der Waals surface area contributed by atoms with E-state index in [1.807, 2.05) is 38.1 Å². The van der Waals surface area contributed by atoms with Crippen molar-refractivity contribution in [3.05, 3.63) is 63.7 Å². The third kappa shape index (κ3) is 2.57. The molecule has 1 aromatic heterocycles. The van der Waals surface area contributed by atoms with Gasteiger partial charge in [0, 0.05) is 17.0 Å². The Bertz CT molecular complexity index is 1100. The van der Waals surface area contributed by atoms with Crippen LogP contribution in [0.25, 0.3) is 16.6 Å². The molecule has 0 atom stereocenters. The van der Waals surface area contributed by atoms with Gasteiger partial charge >= 0.3 is 0 Å². The average Bonchev–Trinajstić information content (AvgIpc) is 3.46. The monoisotopic (exact) mass is 344 g/mol. The van der Waals surface area contributed by atoms with Crippen LogP contribution in [0.1, 0.15) is 55.5 Å². The van der Waals surface area contributed by atoms with Gasteiger partial charge in [0.05, 0.1) is 16.6 Å². The van der Waals surface area contributed by atoms with Gasteiger partial charge in [0.1, 0.15) is 11.6 Å². The van der Waals surface area contributed by atoms with Crippen molar-refractivity contribution >= 4 is 10.9 Å². The van der Waals surface area contributed by atoms with Gasteiger partial charge in [-0.25, -0.2) is 4.98 Å². The van der Waals surface area contributed by atoms with Gasteiger partial charge in [-0.05, 0) is 55.2 Å². The van der Waals surface area contributed by atoms with E-state index in [9.17, 15) is 9.90 Å². The topological polar surface area (TPSA) is 55.1 Å². The second-order valence-electron chi connectivity index (χ2n) is 7.13. The second kappa shape index (κ2) is 6.03. The van der Waals surface area contributed by atoms with E-state index in [1.165, 1.54) is 0 Å². The van der Waals surface area contributed by atoms with Crippen LogP contribution >= 0.6 is 0 Å². The standard InChI is InChI=1S/C22H20N2O2/c1-4-14-5-9-16(10-6-14)24-21(13(2)3)23-20-17(22(24)26)11-12-18(25)19(20)15-7-8-15/h1,5-6,9-13,15,25H,7-8H2,2-3H3. The summed E-state index contributed by atoms with van der Waals surface area (Å²) in [6.07, 6.45) is 7.49. The fourth-order valence-corrected chi connectivity index (χ4v) is 3.40. The fraction of sp³-hybridized carbons (Fsp3) is 0.273. The number of phenols is 1. The highest BCUT2D eigenvalue weighted by molar-refractivity contribution is 5.84. The van der Waals surface area contributed by atoms with Crippen LogP contribution in [0.3, 0.4) is 0 Å². The lowest BCUT2D eigenvalue weighted by atomic mass is 10.0. The van der Waals surface area contributed by atoms with Crippen LogP contribution in [0, 0.1) is 12.3 Å². The van der Waals surface area contributed by atoms with Gasteiger partial charge in [-0.2, -0.15) is 0 Å². The number of aromatic nitrogens is 2. The van der Waals surface area contributed by atoms with Crippen LogP contribution in [-0.4, -0.2) is 14.7 Å². The van der Waals surface area contributed by atoms with Gasteiger partial charge in [0.15, 0.2) is 0 Å². The number of rotatable bonds is 3. The molecule has 0 radical (unpaired) electrons. The number of nitrogens with zero attached hydrogens (tertiary/aromatic N) is 2. The molecule has 1 aliphatic rings. The molecule has 2 aromatic carbocycles. The zero-order chi connectivity index (χ0) is 18.4. The summed E-state index contributed by atoms with van der Waals surface area (Å²) in [6.45, 7) is 4.03. The van der Waals surface area contributed by atoms with Crippen LogP contribution in [0.15, 0.2) is 41.2 Å². The van der Waals surface area contributed by atoms with Crippen molar-refractivity contribution in [1.82, 2.24) is 9.55 Å². The molecule has 1 N–H and O–H groups in total. The molecule has 1 aliphatic carbocycles. The summed E-state index contributed by atoms with van der Waals surface area (Å²) in [5.41, 5.74) is 2.85. The van der Waals surface area contributed by atoms with E-state index >= 15 is 0 Å². The van der Waals surface area contributed by atoms with E-state index < -0.39 is 0 Å². The Balaban J connectivity index is 2.05. The van der Waals surface area contributed by atoms with E-state index in [0.29, 0.717) is 22.6 Å². The molecule has 0 bridgehead atoms. The summed E-state index contributed by atoms with van der Waals surface area (Å²) in [4.78, 5) is 18.2. The number of benzene rings is 2. The number of hydrogen-bond donors (Lipinski definition) is 1. The van der Waals surface area contributed by atoms with Gasteiger partial charge in [-0.1, -0.05) is 19.8 Å². The molecule has 3 aromatic rings. The highest BCUT2D eigenvalue weighted by Gasteiger charge is 2.30. The first-order valence-corrected chi connectivity index (χ1v) is 8.87. The van der Waals surface area contributed by atoms with E-state index in [0.717, 1.165) is 29.7 Å². The molecule has 4 heteroatoms. The Morgan fingerprint density at radius 1 is 1.19 bits per heavy atom. The summed E-state index contributed by atoms with van der Waals surface area (Å²) < 4.78 is 1.65. The molecule has 4 nitrogen and oxygen atoms in total. The molecule has 130 valence electrons. The highest BCUT2D eigenvalue weighted by atomic mass is 16.3. The van der Waals surface area contributed by atoms with E-state index in [-0.39, 0.29) is 17.2 Å². The predicted octanol–water partition coefficient (Wildman–Crippen LogP) is 4.07. The van der Waals surface area contributed by atoms with Crippen molar-refractivity contribution in [2.24, 2.45) is 0 Å². The smallest absolute Gasteiger partial charge is 0.265 e. The molecule has 1 fully saturated rings. The van der Waals surface area contributed by atoms with Crippen LogP contribution in [0.5, 0.6) is 5.75 Å². The SMILES string of the molecule is C#Cc1ccc(-n2c(C(C)C)nc3c(C4CC4)c(O)ccc3c2=O)cc1. The van der Waals surface area contributed by atoms with Crippen LogP contribution in [-0.2, 0) is 0 Å². The summed E-state index contributed by atoms with van der Waals surface area (Å²) in [5.74, 6) is 3.86. The molecule has 0 unspecified atom stereocenters. The highest BCUT2D eigenvalue weighted by Crippen LogP contribution is 2.46. The lowest BCUT2D eigenvalue weighted by Crippen LogP contribution is -2.25. The number of aromatic hydroxyl groups is 1. The fourth-order valence-electron chi connectivity index (χ4n) is 3.40. The third-order valence-corrected chi connectivity index (χ3v) is 4.88. The van der Waals surface area contributed by atoms with Gasteiger partial charge in [0.2, 0.25) is 0 Å². The molecular weight excluding hydrogens is 324 g/mol. The number of phenolic OH excluding ortho intramolecular Hbond substituents is 1. The van der Waals surface area contributed by atoms with Crippen molar-refractivity contribution in [3.8, 4) is 23.8 Å². The summed E-state index contributed by atoms with van der Waals surface area (Å²) in [6, 6.07) is 10.6. The second-order valence-corrected chi connectivity index (χ2v) is 7.13. The van der Waals surface area contributed by atoms with Gasteiger partial charge in [-0.15, -0.1) is 6.42 Å². The first-order chi connectivity index (χ1) is 12.5. The van der Waals surface area contributed by atoms with Crippen LogP contribution < -0.4 is 5.56 Å². The minimum absolute atomic E-state index is 0.0498. The zero-order valence-electron chi connectivity index (χ0n) is 14.9. The minimum Gasteiger partial charge on any atom is -0.508 e. The first kappa shape index (κ1) is 16.4. The molecule has 26 heavy (non-hydrogen) atoms. The van der Waals surface area contributed by atoms with Crippen molar-refractivity contribution in [2.75, 3.05) is 0 Å². The predicted molar refractivity (Wildman–Crippen MR) is 103 cm³/mol. The number of terminal acetylenes is 1. The van der Waals surface area contributed by atoms with Crippen molar-refractivity contribution in [3.63, 3.8) is 0 Å². The quantitative estimate of drug-likeness (QED) is 0.729. The molecule has 0 spiro atoms. The Morgan fingerprint density at radius 2 is 1.88 bits per heavy atom. The van der Waals surface area contributed by atoms with Crippen molar-refractivity contribution < 1.29 is 5.11 Å². The lowest BCUT2D eigenvalue weighted by Gasteiger charge is -2.17. The Hall–Kier alpha value is -3.06. The van der Waals surface area contributed by atoms with Crippen molar-refractivity contribution in [2.45, 2.75) is 38.5 Å². The molecule has 0 saturated heterocycles. The molecule has 0 amide bonds. The largest absolute Gasteiger partial charge is 0.508 e. The maximum atomic E-state index is 13.3. The molecule has 0 aliphatic heterocycles. The van der Waals surface area contributed by atoms with Gasteiger partial charge in [-0.3, -0.25) is 9.36 Å². The van der Waals surface area contributed by atoms with Crippen molar-refractivity contribution in [1.29, 1.82) is 0 Å². The molecular formula is C22H20N2O2. The van der Waals surface area contributed by atoms with E-state index in [1.54, 1.807) is 16.7 Å². The van der Waals surface area contributed by atoms with E-state index in [2.05, 4.69) is 5.92 Å². The summed E-state index contributed by atoms with van der Waals surface area (Å²) >= 11 is 0. The van der Waals surface area contributed by atoms with Crippen LogP contribution in [0.4, 0.5) is 0 Å². The van der Waals surface area contributed by atoms with Gasteiger partial charge < -0.3 is 5.11 Å². The maximum absolute atomic E-state index is 13.3. The molecule has 1 saturated carbocycles. The Morgan fingerprint density at radius 3 is 2.46 bits per heavy atom. The van der Waals surface area contributed by atoms with E-state index in [4.69, 9.17) is 11.4 Å². The third-order valence-electron chi connectivity index (χ3n) is 4.88. The first-order valence-electron chi connectivity index (χ1n) is 8.87. The lowest BCUT2D eigenvalue weighted by molar-refractivity contribution is 0.469. The van der Waals surface area contributed by atoms with Gasteiger partial charge in [0.25, 0.3) is 5.56 Å². The maximum Gasteiger partial charge on any atom is 0.265 e. The van der Waals surface area contributed by atoms with Crippen LogP contribution in [0.2, 0.25) is 0 Å². The molecule has 4 rings (SSSR count). The summed E-state index contributed by atoms with van der Waals surface area (Å²) in [7, 11) is 0. The normalized spacial score (nSPS) is 13.9. The average molecular weight is 344 g/mol. The Kier molecular flexibility index (Phi) is 3.81. The summed E-state index contributed by atoms with van der Waals surface area (Å²) in [5, 5.41) is 10.9. The molecule has 1 heterocycles. The Labute approximate surface area is 152 Å². The zero-order valence-corrected chi connectivity index (χ0v) is 14.9. The minimum atomic E-state index is -0.117.